The summed E-state index contributed by atoms with van der Waals surface area (Å²) < 4.78 is 5.42. The van der Waals surface area contributed by atoms with Gasteiger partial charge in [-0.2, -0.15) is 0 Å². The number of nitrogens with zero attached hydrogens (tertiary/aromatic N) is 1. The third kappa shape index (κ3) is 4.85. The van der Waals surface area contributed by atoms with Crippen molar-refractivity contribution in [3.8, 4) is 0 Å². The number of carbonyl (C=O) groups is 1. The maximum atomic E-state index is 12.0. The molecular weight excluding hydrogens is 280 g/mol. The molecule has 1 saturated carbocycles. The zero-order valence-corrected chi connectivity index (χ0v) is 14.7. The van der Waals surface area contributed by atoms with Gasteiger partial charge in [0.15, 0.2) is 0 Å². The summed E-state index contributed by atoms with van der Waals surface area (Å²) in [5.74, 6) is 0. The van der Waals surface area contributed by atoms with E-state index in [-0.39, 0.29) is 6.09 Å². The standard InChI is InChI=1S/C17H32N2O3/c1-15(2,3)22-14(20)19-11-17(12-19)8-6-13(7-9-17)18-10-16(4,5)21/h13,18,21H,6-12H2,1-5H3. The quantitative estimate of drug-likeness (QED) is 0.840. The minimum Gasteiger partial charge on any atom is -0.444 e. The molecule has 2 rings (SSSR count). The SMILES string of the molecule is CC(C)(O)CNC1CCC2(CC1)CN(C(=O)OC(C)(C)C)C2. The normalized spacial score (nSPS) is 22.5. The largest absolute Gasteiger partial charge is 0.444 e. The van der Waals surface area contributed by atoms with Gasteiger partial charge in [0.05, 0.1) is 5.60 Å². The number of likely N-dealkylation sites (tertiary alicyclic amines) is 1. The van der Waals surface area contributed by atoms with Crippen molar-refractivity contribution in [3.05, 3.63) is 0 Å². The van der Waals surface area contributed by atoms with Crippen LogP contribution in [0.15, 0.2) is 0 Å². The number of hydrogen-bond acceptors (Lipinski definition) is 4. The van der Waals surface area contributed by atoms with Gasteiger partial charge >= 0.3 is 6.09 Å². The van der Waals surface area contributed by atoms with Crippen molar-refractivity contribution in [2.24, 2.45) is 5.41 Å². The van der Waals surface area contributed by atoms with Crippen molar-refractivity contribution in [2.75, 3.05) is 19.6 Å². The van der Waals surface area contributed by atoms with Crippen LogP contribution in [0.2, 0.25) is 0 Å². The van der Waals surface area contributed by atoms with Crippen LogP contribution in [0, 0.1) is 5.41 Å². The predicted molar refractivity (Wildman–Crippen MR) is 86.8 cm³/mol. The summed E-state index contributed by atoms with van der Waals surface area (Å²) in [6, 6.07) is 0.493. The van der Waals surface area contributed by atoms with Crippen LogP contribution in [-0.4, -0.2) is 53.0 Å². The molecule has 1 aliphatic heterocycles. The van der Waals surface area contributed by atoms with Gasteiger partial charge < -0.3 is 20.1 Å². The number of ether oxygens (including phenoxy) is 1. The Labute approximate surface area is 134 Å². The molecule has 1 spiro atoms. The Hall–Kier alpha value is -0.810. The molecule has 5 heteroatoms. The number of carbonyl (C=O) groups excluding carboxylic acids is 1. The van der Waals surface area contributed by atoms with Crippen LogP contribution < -0.4 is 5.32 Å². The van der Waals surface area contributed by atoms with Gasteiger partial charge in [-0.05, 0) is 60.3 Å². The minimum atomic E-state index is -0.654. The van der Waals surface area contributed by atoms with Gasteiger partial charge in [0, 0.05) is 31.1 Å². The van der Waals surface area contributed by atoms with Crippen LogP contribution >= 0.6 is 0 Å². The van der Waals surface area contributed by atoms with Crippen molar-refractivity contribution in [1.29, 1.82) is 0 Å². The minimum absolute atomic E-state index is 0.180. The fourth-order valence-electron chi connectivity index (χ4n) is 3.36. The van der Waals surface area contributed by atoms with Gasteiger partial charge in [-0.25, -0.2) is 4.79 Å². The van der Waals surface area contributed by atoms with Crippen LogP contribution in [0.4, 0.5) is 4.79 Å². The fraction of sp³-hybridized carbons (Fsp3) is 0.941. The number of nitrogens with one attached hydrogen (secondary N) is 1. The van der Waals surface area contributed by atoms with Crippen molar-refractivity contribution in [3.63, 3.8) is 0 Å². The van der Waals surface area contributed by atoms with Crippen molar-refractivity contribution < 1.29 is 14.6 Å². The lowest BCUT2D eigenvalue weighted by Crippen LogP contribution is -2.61. The highest BCUT2D eigenvalue weighted by atomic mass is 16.6. The molecule has 1 aliphatic carbocycles. The average molecular weight is 312 g/mol. The second kappa shape index (κ2) is 6.00. The molecule has 1 heterocycles. The highest BCUT2D eigenvalue weighted by Gasteiger charge is 2.47. The Kier molecular flexibility index (Phi) is 4.79. The van der Waals surface area contributed by atoms with Gasteiger partial charge in [0.2, 0.25) is 0 Å². The molecule has 0 aromatic heterocycles. The molecule has 0 unspecified atom stereocenters. The third-order valence-electron chi connectivity index (χ3n) is 4.57. The second-order valence-electron chi connectivity index (χ2n) is 8.80. The lowest BCUT2D eigenvalue weighted by Gasteiger charge is -2.53. The molecule has 2 N–H and O–H groups in total. The van der Waals surface area contributed by atoms with E-state index >= 15 is 0 Å². The summed E-state index contributed by atoms with van der Waals surface area (Å²) in [5, 5.41) is 13.2. The Morgan fingerprint density at radius 3 is 2.23 bits per heavy atom. The lowest BCUT2D eigenvalue weighted by molar-refractivity contribution is -0.0524. The molecule has 2 aliphatic rings. The van der Waals surface area contributed by atoms with E-state index in [1.807, 2.05) is 39.5 Å². The molecule has 0 aromatic rings. The predicted octanol–water partition coefficient (Wildman–Crippen LogP) is 2.53. The summed E-state index contributed by atoms with van der Waals surface area (Å²) in [6.07, 6.45) is 4.36. The van der Waals surface area contributed by atoms with Crippen molar-refractivity contribution in [1.82, 2.24) is 10.2 Å². The first-order valence-electron chi connectivity index (χ1n) is 8.42. The first-order chi connectivity index (χ1) is 9.98. The van der Waals surface area contributed by atoms with E-state index in [1.165, 1.54) is 0 Å². The molecule has 1 amide bonds. The maximum Gasteiger partial charge on any atom is 0.410 e. The van der Waals surface area contributed by atoms with E-state index in [9.17, 15) is 9.90 Å². The summed E-state index contributed by atoms with van der Waals surface area (Å²) >= 11 is 0. The molecule has 2 fully saturated rings. The maximum absolute atomic E-state index is 12.0. The summed E-state index contributed by atoms with van der Waals surface area (Å²) in [4.78, 5) is 13.8. The van der Waals surface area contributed by atoms with Crippen LogP contribution in [0.1, 0.15) is 60.3 Å². The van der Waals surface area contributed by atoms with Gasteiger partial charge in [-0.3, -0.25) is 0 Å². The molecule has 5 nitrogen and oxygen atoms in total. The first kappa shape index (κ1) is 17.5. The van der Waals surface area contributed by atoms with E-state index < -0.39 is 11.2 Å². The van der Waals surface area contributed by atoms with E-state index in [1.54, 1.807) is 0 Å². The van der Waals surface area contributed by atoms with Gasteiger partial charge in [-0.15, -0.1) is 0 Å². The zero-order chi connectivity index (χ0) is 16.6. The second-order valence-corrected chi connectivity index (χ2v) is 8.80. The van der Waals surface area contributed by atoms with E-state index in [2.05, 4.69) is 5.32 Å². The van der Waals surface area contributed by atoms with Gasteiger partial charge in [0.1, 0.15) is 5.60 Å². The Morgan fingerprint density at radius 2 is 1.77 bits per heavy atom. The highest BCUT2D eigenvalue weighted by molar-refractivity contribution is 5.69. The molecule has 22 heavy (non-hydrogen) atoms. The monoisotopic (exact) mass is 312 g/mol. The Bertz CT molecular complexity index is 393. The number of hydrogen-bond donors (Lipinski definition) is 2. The first-order valence-corrected chi connectivity index (χ1v) is 8.42. The summed E-state index contributed by atoms with van der Waals surface area (Å²) in [7, 11) is 0. The van der Waals surface area contributed by atoms with Crippen LogP contribution in [-0.2, 0) is 4.74 Å². The average Bonchev–Trinajstić information content (AvgIpc) is 2.31. The van der Waals surface area contributed by atoms with Gasteiger partial charge in [0.25, 0.3) is 0 Å². The molecule has 0 atom stereocenters. The fourth-order valence-corrected chi connectivity index (χ4v) is 3.36. The molecule has 128 valence electrons. The number of aliphatic hydroxyl groups is 1. The Morgan fingerprint density at radius 1 is 1.23 bits per heavy atom. The number of amides is 1. The van der Waals surface area contributed by atoms with Crippen LogP contribution in [0.5, 0.6) is 0 Å². The van der Waals surface area contributed by atoms with Crippen molar-refractivity contribution >= 4 is 6.09 Å². The van der Waals surface area contributed by atoms with Crippen molar-refractivity contribution in [2.45, 2.75) is 77.5 Å². The molecule has 1 saturated heterocycles. The molecular formula is C17H32N2O3. The molecule has 0 radical (unpaired) electrons. The summed E-state index contributed by atoms with van der Waals surface area (Å²) in [5.41, 5.74) is -0.762. The Balaban J connectivity index is 1.71. The van der Waals surface area contributed by atoms with Crippen LogP contribution in [0.3, 0.4) is 0 Å². The van der Waals surface area contributed by atoms with Gasteiger partial charge in [-0.1, -0.05) is 0 Å². The van der Waals surface area contributed by atoms with E-state index in [0.717, 1.165) is 38.8 Å². The zero-order valence-electron chi connectivity index (χ0n) is 14.7. The smallest absolute Gasteiger partial charge is 0.410 e. The molecule has 0 aromatic carbocycles. The highest BCUT2D eigenvalue weighted by Crippen LogP contribution is 2.44. The topological polar surface area (TPSA) is 61.8 Å². The lowest BCUT2D eigenvalue weighted by atomic mass is 9.67. The number of rotatable bonds is 3. The molecule has 0 bridgehead atoms. The van der Waals surface area contributed by atoms with E-state index in [0.29, 0.717) is 18.0 Å². The third-order valence-corrected chi connectivity index (χ3v) is 4.57. The van der Waals surface area contributed by atoms with E-state index in [4.69, 9.17) is 4.74 Å². The summed E-state index contributed by atoms with van der Waals surface area (Å²) in [6.45, 7) is 11.7. The van der Waals surface area contributed by atoms with Crippen LogP contribution in [0.25, 0.3) is 0 Å².